The number of rotatable bonds is 1. The molecule has 0 radical (unpaired) electrons. The van der Waals surface area contributed by atoms with Crippen molar-refractivity contribution in [2.24, 2.45) is 0 Å². The monoisotopic (exact) mass is 250 g/mol. The molecule has 5 heteroatoms. The Morgan fingerprint density at radius 2 is 2.35 bits per heavy atom. The first-order chi connectivity index (χ1) is 8.27. The molecule has 2 heterocycles. The van der Waals surface area contributed by atoms with Crippen LogP contribution in [-0.2, 0) is 4.74 Å². The van der Waals surface area contributed by atoms with Gasteiger partial charge in [-0.3, -0.25) is 9.36 Å². The van der Waals surface area contributed by atoms with Crippen LogP contribution in [0.3, 0.4) is 0 Å². The summed E-state index contributed by atoms with van der Waals surface area (Å²) in [6.45, 7) is 1.26. The first-order valence-corrected chi connectivity index (χ1v) is 5.88. The molecular weight excluding hydrogens is 240 g/mol. The molecule has 0 amide bonds. The minimum atomic E-state index is -0.0869. The molecule has 1 aromatic carbocycles. The van der Waals surface area contributed by atoms with E-state index in [-0.39, 0.29) is 11.6 Å². The van der Waals surface area contributed by atoms with Crippen LogP contribution in [0, 0.1) is 0 Å². The van der Waals surface area contributed by atoms with Crippen molar-refractivity contribution in [1.29, 1.82) is 0 Å². The number of aromatic nitrogens is 2. The molecule has 0 aliphatic carbocycles. The average Bonchev–Trinajstić information content (AvgIpc) is 2.83. The topological polar surface area (TPSA) is 44.1 Å². The number of halogens is 1. The maximum atomic E-state index is 12.3. The van der Waals surface area contributed by atoms with E-state index in [1.165, 1.54) is 0 Å². The zero-order valence-corrected chi connectivity index (χ0v) is 9.85. The SMILES string of the molecule is O=c1c2c(Cl)cccc2ncn1[C@@H]1CCOC1. The second-order valence-corrected chi connectivity index (χ2v) is 4.52. The fourth-order valence-electron chi connectivity index (χ4n) is 2.14. The van der Waals surface area contributed by atoms with E-state index in [0.29, 0.717) is 29.1 Å². The van der Waals surface area contributed by atoms with Crippen molar-refractivity contribution in [1.82, 2.24) is 9.55 Å². The van der Waals surface area contributed by atoms with Gasteiger partial charge in [-0.2, -0.15) is 0 Å². The van der Waals surface area contributed by atoms with E-state index < -0.39 is 0 Å². The van der Waals surface area contributed by atoms with E-state index in [1.807, 2.05) is 0 Å². The zero-order valence-electron chi connectivity index (χ0n) is 9.10. The summed E-state index contributed by atoms with van der Waals surface area (Å²) in [5.74, 6) is 0. The molecule has 4 nitrogen and oxygen atoms in total. The Hall–Kier alpha value is -1.39. The highest BCUT2D eigenvalue weighted by molar-refractivity contribution is 6.35. The molecule has 1 saturated heterocycles. The fourth-order valence-corrected chi connectivity index (χ4v) is 2.39. The van der Waals surface area contributed by atoms with Gasteiger partial charge in [-0.25, -0.2) is 4.98 Å². The van der Waals surface area contributed by atoms with E-state index in [2.05, 4.69) is 4.98 Å². The van der Waals surface area contributed by atoms with Crippen LogP contribution in [0.5, 0.6) is 0 Å². The standard InChI is InChI=1S/C12H11ClN2O2/c13-9-2-1-3-10-11(9)12(16)15(7-14-10)8-4-5-17-6-8/h1-3,7-8H,4-6H2/t8-/m1/s1. The van der Waals surface area contributed by atoms with Crippen LogP contribution in [0.25, 0.3) is 10.9 Å². The number of nitrogens with zero attached hydrogens (tertiary/aromatic N) is 2. The number of benzene rings is 1. The molecule has 0 unspecified atom stereocenters. The molecular formula is C12H11ClN2O2. The zero-order chi connectivity index (χ0) is 11.8. The minimum Gasteiger partial charge on any atom is -0.379 e. The quantitative estimate of drug-likeness (QED) is 0.778. The largest absolute Gasteiger partial charge is 0.379 e. The van der Waals surface area contributed by atoms with Crippen molar-refractivity contribution in [3.63, 3.8) is 0 Å². The van der Waals surface area contributed by atoms with Crippen molar-refractivity contribution >= 4 is 22.5 Å². The Labute approximate surface area is 103 Å². The van der Waals surface area contributed by atoms with Gasteiger partial charge in [0.15, 0.2) is 0 Å². The van der Waals surface area contributed by atoms with Crippen LogP contribution in [0.2, 0.25) is 5.02 Å². The average molecular weight is 251 g/mol. The predicted octanol–water partition coefficient (Wildman–Crippen LogP) is 2.01. The lowest BCUT2D eigenvalue weighted by Gasteiger charge is -2.12. The van der Waals surface area contributed by atoms with Gasteiger partial charge >= 0.3 is 0 Å². The lowest BCUT2D eigenvalue weighted by Crippen LogP contribution is -2.25. The highest BCUT2D eigenvalue weighted by atomic mass is 35.5. The fraction of sp³-hybridized carbons (Fsp3) is 0.333. The summed E-state index contributed by atoms with van der Waals surface area (Å²) >= 11 is 6.06. The van der Waals surface area contributed by atoms with Gasteiger partial charge < -0.3 is 4.74 Å². The molecule has 0 bridgehead atoms. The highest BCUT2D eigenvalue weighted by Gasteiger charge is 2.20. The van der Waals surface area contributed by atoms with Crippen LogP contribution in [0.15, 0.2) is 29.3 Å². The molecule has 1 aliphatic heterocycles. The van der Waals surface area contributed by atoms with Crippen molar-refractivity contribution in [2.45, 2.75) is 12.5 Å². The normalized spacial score (nSPS) is 19.9. The Morgan fingerprint density at radius 3 is 3.12 bits per heavy atom. The van der Waals surface area contributed by atoms with E-state index in [4.69, 9.17) is 16.3 Å². The van der Waals surface area contributed by atoms with Gasteiger partial charge in [0.1, 0.15) is 0 Å². The molecule has 88 valence electrons. The summed E-state index contributed by atoms with van der Waals surface area (Å²) in [6.07, 6.45) is 2.43. The third-order valence-corrected chi connectivity index (χ3v) is 3.38. The third kappa shape index (κ3) is 1.73. The second kappa shape index (κ2) is 4.13. The maximum Gasteiger partial charge on any atom is 0.263 e. The number of hydrogen-bond acceptors (Lipinski definition) is 3. The van der Waals surface area contributed by atoms with Gasteiger partial charge in [-0.1, -0.05) is 17.7 Å². The summed E-state index contributed by atoms with van der Waals surface area (Å²) in [7, 11) is 0. The molecule has 0 N–H and O–H groups in total. The van der Waals surface area contributed by atoms with E-state index in [0.717, 1.165) is 6.42 Å². The van der Waals surface area contributed by atoms with E-state index in [1.54, 1.807) is 29.1 Å². The van der Waals surface area contributed by atoms with Gasteiger partial charge in [-0.15, -0.1) is 0 Å². The molecule has 1 aliphatic rings. The van der Waals surface area contributed by atoms with Crippen molar-refractivity contribution in [3.8, 4) is 0 Å². The molecule has 0 saturated carbocycles. The molecule has 3 rings (SSSR count). The van der Waals surface area contributed by atoms with Crippen LogP contribution in [0.1, 0.15) is 12.5 Å². The van der Waals surface area contributed by atoms with Gasteiger partial charge in [0.25, 0.3) is 5.56 Å². The van der Waals surface area contributed by atoms with E-state index in [9.17, 15) is 4.79 Å². The lowest BCUT2D eigenvalue weighted by molar-refractivity contribution is 0.186. The Bertz CT molecular complexity index is 617. The first-order valence-electron chi connectivity index (χ1n) is 5.50. The van der Waals surface area contributed by atoms with Gasteiger partial charge in [0.05, 0.1) is 34.9 Å². The van der Waals surface area contributed by atoms with Crippen LogP contribution in [-0.4, -0.2) is 22.8 Å². The van der Waals surface area contributed by atoms with Gasteiger partial charge in [-0.05, 0) is 18.6 Å². The summed E-state index contributed by atoms with van der Waals surface area (Å²) < 4.78 is 6.91. The Morgan fingerprint density at radius 1 is 1.47 bits per heavy atom. The predicted molar refractivity (Wildman–Crippen MR) is 65.5 cm³/mol. The summed E-state index contributed by atoms with van der Waals surface area (Å²) in [6, 6.07) is 5.37. The van der Waals surface area contributed by atoms with Gasteiger partial charge in [0, 0.05) is 6.61 Å². The molecule has 2 aromatic rings. The molecule has 1 fully saturated rings. The molecule has 0 spiro atoms. The molecule has 1 aromatic heterocycles. The van der Waals surface area contributed by atoms with E-state index >= 15 is 0 Å². The maximum absolute atomic E-state index is 12.3. The van der Waals surface area contributed by atoms with Crippen molar-refractivity contribution < 1.29 is 4.74 Å². The van der Waals surface area contributed by atoms with Crippen molar-refractivity contribution in [2.75, 3.05) is 13.2 Å². The summed E-state index contributed by atoms with van der Waals surface area (Å²) in [4.78, 5) is 16.6. The van der Waals surface area contributed by atoms with Gasteiger partial charge in [0.2, 0.25) is 0 Å². The Kier molecular flexibility index (Phi) is 2.61. The number of hydrogen-bond donors (Lipinski definition) is 0. The van der Waals surface area contributed by atoms with Crippen LogP contribution >= 0.6 is 11.6 Å². The van der Waals surface area contributed by atoms with Crippen LogP contribution in [0.4, 0.5) is 0 Å². The van der Waals surface area contributed by atoms with Crippen molar-refractivity contribution in [3.05, 3.63) is 39.9 Å². The number of fused-ring (bicyclic) bond motifs is 1. The smallest absolute Gasteiger partial charge is 0.263 e. The van der Waals surface area contributed by atoms with Crippen LogP contribution < -0.4 is 5.56 Å². The first kappa shape index (κ1) is 10.7. The lowest BCUT2D eigenvalue weighted by atomic mass is 10.2. The highest BCUT2D eigenvalue weighted by Crippen LogP contribution is 2.21. The minimum absolute atomic E-state index is 0.0793. The third-order valence-electron chi connectivity index (χ3n) is 3.06. The number of ether oxygens (including phenoxy) is 1. The summed E-state index contributed by atoms with van der Waals surface area (Å²) in [5.41, 5.74) is 0.550. The summed E-state index contributed by atoms with van der Waals surface area (Å²) in [5, 5.41) is 0.942. The molecule has 1 atom stereocenters. The molecule has 17 heavy (non-hydrogen) atoms. The Balaban J connectivity index is 2.25. The second-order valence-electron chi connectivity index (χ2n) is 4.11.